The van der Waals surface area contributed by atoms with Crippen molar-refractivity contribution in [3.8, 4) is 63.2 Å². The third kappa shape index (κ3) is 3.69. The first-order chi connectivity index (χ1) is 23.1. The van der Waals surface area contributed by atoms with Crippen molar-refractivity contribution < 1.29 is 58.3 Å². The van der Waals surface area contributed by atoms with Gasteiger partial charge in [-0.1, -0.05) is 20.8 Å². The van der Waals surface area contributed by atoms with E-state index >= 15 is 0 Å². The molecule has 0 aromatic heterocycles. The van der Waals surface area contributed by atoms with Gasteiger partial charge < -0.3 is 58.3 Å². The maximum absolute atomic E-state index is 11.8. The number of ether oxygens (including phenoxy) is 8. The lowest BCUT2D eigenvalue weighted by Gasteiger charge is -2.38. The summed E-state index contributed by atoms with van der Waals surface area (Å²) in [6.45, 7) is 6.17. The Bertz CT molecular complexity index is 2070. The molecule has 8 rings (SSSR count). The van der Waals surface area contributed by atoms with Crippen LogP contribution >= 0.6 is 0 Å². The number of rotatable bonds is 0. The number of aromatic hydroxyl groups is 4. The Kier molecular flexibility index (Phi) is 5.90. The van der Waals surface area contributed by atoms with Crippen LogP contribution in [0.15, 0.2) is 30.3 Å². The summed E-state index contributed by atoms with van der Waals surface area (Å²) < 4.78 is 48.9. The largest absolute Gasteiger partial charge is 0.504 e. The van der Waals surface area contributed by atoms with Crippen molar-refractivity contribution in [1.82, 2.24) is 0 Å². The van der Waals surface area contributed by atoms with E-state index in [1.165, 1.54) is 0 Å². The van der Waals surface area contributed by atoms with Gasteiger partial charge in [0, 0.05) is 56.7 Å². The third-order valence-corrected chi connectivity index (χ3v) is 10.5. The zero-order valence-electron chi connectivity index (χ0n) is 26.5. The molecule has 4 atom stereocenters. The second-order valence-electron chi connectivity index (χ2n) is 12.9. The molecule has 4 heterocycles. The lowest BCUT2D eigenvalue weighted by atomic mass is 9.78. The van der Waals surface area contributed by atoms with Gasteiger partial charge in [-0.2, -0.15) is 0 Å². The topological polar surface area (TPSA) is 155 Å². The van der Waals surface area contributed by atoms with Crippen LogP contribution in [0.5, 0.6) is 63.2 Å². The minimum atomic E-state index is -1.46. The van der Waals surface area contributed by atoms with E-state index in [-0.39, 0.29) is 90.4 Å². The minimum Gasteiger partial charge on any atom is -0.504 e. The van der Waals surface area contributed by atoms with Gasteiger partial charge in [-0.3, -0.25) is 0 Å². The maximum atomic E-state index is 11.8. The number of hydrogen-bond donors (Lipinski definition) is 4. The lowest BCUT2D eigenvalue weighted by Crippen LogP contribution is -2.34. The Labute approximate surface area is 274 Å². The first kappa shape index (κ1) is 28.8. The summed E-state index contributed by atoms with van der Waals surface area (Å²) in [5, 5.41) is 46.8. The van der Waals surface area contributed by atoms with Crippen LogP contribution < -0.4 is 33.2 Å². The smallest absolute Gasteiger partial charge is 0.231 e. The maximum Gasteiger partial charge on any atom is 0.231 e. The van der Waals surface area contributed by atoms with E-state index in [1.54, 1.807) is 13.0 Å². The van der Waals surface area contributed by atoms with Crippen LogP contribution in [0.3, 0.4) is 0 Å². The summed E-state index contributed by atoms with van der Waals surface area (Å²) in [5.41, 5.74) is 3.17. The van der Waals surface area contributed by atoms with E-state index in [0.717, 1.165) is 0 Å². The number of fused-ring (bicyclic) bond motifs is 8. The van der Waals surface area contributed by atoms with Crippen molar-refractivity contribution in [1.29, 1.82) is 0 Å². The molecule has 0 fully saturated rings. The van der Waals surface area contributed by atoms with Crippen molar-refractivity contribution in [2.45, 2.75) is 51.0 Å². The summed E-state index contributed by atoms with van der Waals surface area (Å²) in [4.78, 5) is 0. The fourth-order valence-corrected chi connectivity index (χ4v) is 7.73. The fourth-order valence-electron chi connectivity index (χ4n) is 7.73. The van der Waals surface area contributed by atoms with Crippen LogP contribution in [0.25, 0.3) is 0 Å². The predicted octanol–water partition coefficient (Wildman–Crippen LogP) is 6.09. The monoisotopic (exact) mass is 656 g/mol. The SMILES string of the molecule is C[C@@H]1c2cc3c4c(O)c2OCOc2c1cc1c(c2O)OCO[C@@]2(C)c5cc(cc(O)c5OCOc5c2cc(c(c5O)OCO4)[C@H]3C)[C@@H]1C. The highest BCUT2D eigenvalue weighted by Crippen LogP contribution is 2.59. The summed E-state index contributed by atoms with van der Waals surface area (Å²) in [6.07, 6.45) is 0. The van der Waals surface area contributed by atoms with Crippen LogP contribution in [-0.2, 0) is 10.3 Å². The molecule has 0 amide bonds. The van der Waals surface area contributed by atoms with Crippen LogP contribution in [0.2, 0.25) is 0 Å². The Balaban J connectivity index is 1.48. The molecule has 0 saturated carbocycles. The van der Waals surface area contributed by atoms with Crippen LogP contribution in [0.1, 0.15) is 90.0 Å². The first-order valence-corrected chi connectivity index (χ1v) is 15.7. The quantitative estimate of drug-likeness (QED) is 0.173. The molecule has 0 unspecified atom stereocenters. The average Bonchev–Trinajstić information content (AvgIpc) is 3.05. The van der Waals surface area contributed by atoms with Gasteiger partial charge in [0.25, 0.3) is 0 Å². The van der Waals surface area contributed by atoms with Crippen LogP contribution in [0, 0.1) is 0 Å². The summed E-state index contributed by atoms with van der Waals surface area (Å²) in [7, 11) is 0. The molecule has 248 valence electrons. The van der Waals surface area contributed by atoms with Crippen molar-refractivity contribution in [3.05, 3.63) is 74.8 Å². The molecule has 12 heteroatoms. The molecule has 12 nitrogen and oxygen atoms in total. The lowest BCUT2D eigenvalue weighted by molar-refractivity contribution is -0.0844. The molecule has 4 aliphatic rings. The van der Waals surface area contributed by atoms with Gasteiger partial charge in [0.2, 0.25) is 37.6 Å². The molecule has 0 saturated heterocycles. The molecule has 4 aliphatic heterocycles. The molecule has 4 aromatic rings. The van der Waals surface area contributed by atoms with Gasteiger partial charge in [0.1, 0.15) is 5.60 Å². The Hall–Kier alpha value is -5.36. The minimum absolute atomic E-state index is 0.0462. The first-order valence-electron chi connectivity index (χ1n) is 15.7. The Morgan fingerprint density at radius 1 is 0.479 bits per heavy atom. The Morgan fingerprint density at radius 3 is 1.42 bits per heavy atom. The highest BCUT2D eigenvalue weighted by Gasteiger charge is 2.44. The number of phenolic OH excluding ortho intramolecular Hbond substituents is 4. The highest BCUT2D eigenvalue weighted by atomic mass is 16.7. The predicted molar refractivity (Wildman–Crippen MR) is 166 cm³/mol. The van der Waals surface area contributed by atoms with E-state index in [0.29, 0.717) is 44.5 Å². The number of phenols is 4. The van der Waals surface area contributed by atoms with E-state index < -0.39 is 23.4 Å². The average molecular weight is 657 g/mol. The van der Waals surface area contributed by atoms with Gasteiger partial charge in [0.15, 0.2) is 52.8 Å². The summed E-state index contributed by atoms with van der Waals surface area (Å²) >= 11 is 0. The molecule has 2 bridgehead atoms. The van der Waals surface area contributed by atoms with Crippen molar-refractivity contribution >= 4 is 0 Å². The molecular formula is C36H32O12. The molecule has 48 heavy (non-hydrogen) atoms. The summed E-state index contributed by atoms with van der Waals surface area (Å²) in [6, 6.07) is 9.17. The van der Waals surface area contributed by atoms with E-state index in [4.69, 9.17) is 37.9 Å². The molecular weight excluding hydrogens is 624 g/mol. The van der Waals surface area contributed by atoms with Crippen LogP contribution in [-0.4, -0.2) is 47.6 Å². The van der Waals surface area contributed by atoms with E-state index in [1.807, 2.05) is 45.0 Å². The van der Waals surface area contributed by atoms with Gasteiger partial charge in [-0.15, -0.1) is 0 Å². The van der Waals surface area contributed by atoms with Gasteiger partial charge in [0.05, 0.1) is 0 Å². The third-order valence-electron chi connectivity index (χ3n) is 10.5. The zero-order valence-corrected chi connectivity index (χ0v) is 26.5. The van der Waals surface area contributed by atoms with Crippen LogP contribution in [0.4, 0.5) is 0 Å². The molecule has 4 aromatic carbocycles. The van der Waals surface area contributed by atoms with Crippen molar-refractivity contribution in [2.75, 3.05) is 27.2 Å². The molecule has 4 N–H and O–H groups in total. The normalized spacial score (nSPS) is 24.0. The van der Waals surface area contributed by atoms with Crippen molar-refractivity contribution in [2.24, 2.45) is 0 Å². The van der Waals surface area contributed by atoms with Gasteiger partial charge in [-0.05, 0) is 42.8 Å². The zero-order chi connectivity index (χ0) is 33.2. The highest BCUT2D eigenvalue weighted by molar-refractivity contribution is 5.71. The molecule has 0 radical (unpaired) electrons. The second kappa shape index (κ2) is 9.83. The number of benzene rings is 4. The van der Waals surface area contributed by atoms with Gasteiger partial charge >= 0.3 is 0 Å². The van der Waals surface area contributed by atoms with Crippen molar-refractivity contribution in [3.63, 3.8) is 0 Å². The summed E-state index contributed by atoms with van der Waals surface area (Å²) in [5.74, 6) is -1.34. The van der Waals surface area contributed by atoms with E-state index in [9.17, 15) is 20.4 Å². The second-order valence-corrected chi connectivity index (χ2v) is 12.9. The standard InChI is InChI=1S/C36H32O12/c1-14-17-5-23-34(25(37)6-17)45-12-46-35-24-9-22-16(3)21-8-20-15(2)19-7-18(14)29(47-13-48-36(23,24)4)26(38)30(19)41-10-42-31(20)27(39)32(21)43-11-44-33(22)28(35)40/h5-9,14-16,37-40H,10-13H2,1-4H3/t14-,15-,16-,36-/m0/s1. The molecule has 0 aliphatic carbocycles. The number of hydrogen-bond acceptors (Lipinski definition) is 12. The molecule has 0 spiro atoms. The fraction of sp³-hybridized carbons (Fsp3) is 0.333. The Morgan fingerprint density at radius 2 is 0.875 bits per heavy atom. The van der Waals surface area contributed by atoms with Gasteiger partial charge in [-0.25, -0.2) is 0 Å². The van der Waals surface area contributed by atoms with E-state index in [2.05, 4.69) is 0 Å².